The van der Waals surface area contributed by atoms with Crippen LogP contribution in [-0.2, 0) is 6.42 Å². The minimum absolute atomic E-state index is 0.355. The van der Waals surface area contributed by atoms with E-state index in [1.165, 1.54) is 5.56 Å². The van der Waals surface area contributed by atoms with E-state index in [-0.39, 0.29) is 0 Å². The van der Waals surface area contributed by atoms with Gasteiger partial charge in [0.15, 0.2) is 11.5 Å². The Morgan fingerprint density at radius 2 is 2.14 bits per heavy atom. The predicted molar refractivity (Wildman–Crippen MR) is 53.6 cm³/mol. The van der Waals surface area contributed by atoms with Gasteiger partial charge in [-0.25, -0.2) is 0 Å². The Morgan fingerprint density at radius 3 is 2.93 bits per heavy atom. The van der Waals surface area contributed by atoms with Crippen molar-refractivity contribution in [3.63, 3.8) is 0 Å². The summed E-state index contributed by atoms with van der Waals surface area (Å²) in [5, 5.41) is 2.21. The molecule has 0 amide bonds. The molecular formula is C11H16NO2+. The third-order valence-corrected chi connectivity index (χ3v) is 2.56. The number of rotatable bonds is 3. The van der Waals surface area contributed by atoms with E-state index in [1.54, 1.807) is 0 Å². The van der Waals surface area contributed by atoms with Gasteiger partial charge in [0.05, 0.1) is 13.1 Å². The summed E-state index contributed by atoms with van der Waals surface area (Å²) in [4.78, 5) is 0. The van der Waals surface area contributed by atoms with Gasteiger partial charge in [-0.1, -0.05) is 6.07 Å². The van der Waals surface area contributed by atoms with Crippen LogP contribution in [0.4, 0.5) is 0 Å². The van der Waals surface area contributed by atoms with Gasteiger partial charge in [0.25, 0.3) is 0 Å². The van der Waals surface area contributed by atoms with Crippen LogP contribution in [0.3, 0.4) is 0 Å². The molecule has 3 nitrogen and oxygen atoms in total. The Hall–Kier alpha value is -1.22. The third-order valence-electron chi connectivity index (χ3n) is 2.56. The summed E-state index contributed by atoms with van der Waals surface area (Å²) in [7, 11) is 2.09. The highest BCUT2D eigenvalue weighted by Gasteiger charge is 2.14. The Labute approximate surface area is 84.0 Å². The predicted octanol–water partition coefficient (Wildman–Crippen LogP) is 0.539. The molecule has 0 spiro atoms. The van der Waals surface area contributed by atoms with Crippen LogP contribution in [0.15, 0.2) is 18.2 Å². The number of hydrogen-bond acceptors (Lipinski definition) is 2. The molecule has 0 aliphatic carbocycles. The van der Waals surface area contributed by atoms with E-state index in [4.69, 9.17) is 9.47 Å². The molecule has 0 unspecified atom stereocenters. The molecule has 3 heteroatoms. The summed E-state index contributed by atoms with van der Waals surface area (Å²) in [6, 6.07) is 6.77. The molecule has 2 rings (SSSR count). The average Bonchev–Trinajstić information content (AvgIpc) is 2.64. The zero-order chi connectivity index (χ0) is 9.97. The Kier molecular flexibility index (Phi) is 2.59. The maximum atomic E-state index is 5.32. The van der Waals surface area contributed by atoms with Crippen molar-refractivity contribution < 1.29 is 14.8 Å². The lowest BCUT2D eigenvalue weighted by atomic mass is 10.1. The van der Waals surface area contributed by atoms with Gasteiger partial charge in [-0.15, -0.1) is 0 Å². The standard InChI is InChI=1S/C11H15NO2/c1-8(12-2)5-9-3-4-10-11(6-9)14-7-13-10/h3-4,6,8,12H,5,7H2,1-2H3/p+1/t8-/m1/s1. The topological polar surface area (TPSA) is 35.1 Å². The molecule has 0 saturated carbocycles. The average molecular weight is 194 g/mol. The zero-order valence-electron chi connectivity index (χ0n) is 8.62. The molecular weight excluding hydrogens is 178 g/mol. The molecule has 0 saturated heterocycles. The molecule has 14 heavy (non-hydrogen) atoms. The molecule has 0 aromatic heterocycles. The van der Waals surface area contributed by atoms with E-state index in [0.717, 1.165) is 17.9 Å². The van der Waals surface area contributed by atoms with Crippen molar-refractivity contribution in [3.8, 4) is 11.5 Å². The van der Waals surface area contributed by atoms with Gasteiger partial charge in [-0.05, 0) is 24.6 Å². The highest BCUT2D eigenvalue weighted by molar-refractivity contribution is 5.44. The van der Waals surface area contributed by atoms with Crippen LogP contribution in [0.1, 0.15) is 12.5 Å². The number of likely N-dealkylation sites (N-methyl/N-ethyl adjacent to an activating group) is 1. The molecule has 2 N–H and O–H groups in total. The van der Waals surface area contributed by atoms with Crippen LogP contribution >= 0.6 is 0 Å². The maximum Gasteiger partial charge on any atom is 0.231 e. The summed E-state index contributed by atoms with van der Waals surface area (Å²) < 4.78 is 10.6. The lowest BCUT2D eigenvalue weighted by Crippen LogP contribution is -2.85. The third kappa shape index (κ3) is 1.82. The van der Waals surface area contributed by atoms with Crippen LogP contribution in [0.25, 0.3) is 0 Å². The highest BCUT2D eigenvalue weighted by atomic mass is 16.7. The van der Waals surface area contributed by atoms with Gasteiger partial charge in [-0.2, -0.15) is 0 Å². The smallest absolute Gasteiger partial charge is 0.231 e. The second-order valence-corrected chi connectivity index (χ2v) is 3.70. The molecule has 1 aliphatic rings. The van der Waals surface area contributed by atoms with Crippen molar-refractivity contribution in [3.05, 3.63) is 23.8 Å². The Balaban J connectivity index is 2.12. The molecule has 1 aromatic rings. The summed E-state index contributed by atoms with van der Waals surface area (Å²) >= 11 is 0. The van der Waals surface area contributed by atoms with Gasteiger partial charge in [-0.3, -0.25) is 0 Å². The molecule has 1 heterocycles. The van der Waals surface area contributed by atoms with Crippen LogP contribution in [-0.4, -0.2) is 19.9 Å². The van der Waals surface area contributed by atoms with Crippen LogP contribution in [0, 0.1) is 0 Å². The second kappa shape index (κ2) is 3.88. The van der Waals surface area contributed by atoms with Gasteiger partial charge in [0.1, 0.15) is 0 Å². The van der Waals surface area contributed by atoms with E-state index in [2.05, 4.69) is 31.4 Å². The van der Waals surface area contributed by atoms with Crippen molar-refractivity contribution in [2.75, 3.05) is 13.8 Å². The number of ether oxygens (including phenoxy) is 2. The van der Waals surface area contributed by atoms with E-state index in [1.807, 2.05) is 6.07 Å². The first-order valence-corrected chi connectivity index (χ1v) is 4.97. The van der Waals surface area contributed by atoms with Crippen LogP contribution in [0.2, 0.25) is 0 Å². The minimum atomic E-state index is 0.355. The summed E-state index contributed by atoms with van der Waals surface area (Å²) in [6.45, 7) is 2.57. The number of quaternary nitrogens is 1. The van der Waals surface area contributed by atoms with E-state index in [0.29, 0.717) is 12.8 Å². The zero-order valence-corrected chi connectivity index (χ0v) is 8.62. The molecule has 76 valence electrons. The van der Waals surface area contributed by atoms with Gasteiger partial charge in [0.2, 0.25) is 6.79 Å². The lowest BCUT2D eigenvalue weighted by Gasteiger charge is -2.07. The molecule has 0 radical (unpaired) electrons. The highest BCUT2D eigenvalue weighted by Crippen LogP contribution is 2.32. The summed E-state index contributed by atoms with van der Waals surface area (Å²) in [5.74, 6) is 1.74. The van der Waals surface area contributed by atoms with Gasteiger partial charge >= 0.3 is 0 Å². The van der Waals surface area contributed by atoms with Crippen molar-refractivity contribution in [1.82, 2.24) is 0 Å². The van der Waals surface area contributed by atoms with Crippen molar-refractivity contribution >= 4 is 0 Å². The van der Waals surface area contributed by atoms with Crippen LogP contribution in [0.5, 0.6) is 11.5 Å². The Morgan fingerprint density at radius 1 is 1.36 bits per heavy atom. The fraction of sp³-hybridized carbons (Fsp3) is 0.455. The minimum Gasteiger partial charge on any atom is -0.454 e. The fourth-order valence-electron chi connectivity index (χ4n) is 1.56. The second-order valence-electron chi connectivity index (χ2n) is 3.70. The SMILES string of the molecule is C[NH2+][C@H](C)Cc1ccc2c(c1)OCO2. The van der Waals surface area contributed by atoms with Gasteiger partial charge in [0, 0.05) is 6.42 Å². The molecule has 1 aromatic carbocycles. The van der Waals surface area contributed by atoms with E-state index in [9.17, 15) is 0 Å². The largest absolute Gasteiger partial charge is 0.454 e. The molecule has 1 aliphatic heterocycles. The first-order valence-electron chi connectivity index (χ1n) is 4.97. The fourth-order valence-corrected chi connectivity index (χ4v) is 1.56. The van der Waals surface area contributed by atoms with Crippen LogP contribution < -0.4 is 14.8 Å². The van der Waals surface area contributed by atoms with Crippen molar-refractivity contribution in [2.24, 2.45) is 0 Å². The maximum absolute atomic E-state index is 5.32. The summed E-state index contributed by atoms with van der Waals surface area (Å²) in [6.07, 6.45) is 1.06. The van der Waals surface area contributed by atoms with E-state index >= 15 is 0 Å². The number of fused-ring (bicyclic) bond motifs is 1. The number of benzene rings is 1. The quantitative estimate of drug-likeness (QED) is 0.762. The van der Waals surface area contributed by atoms with Crippen molar-refractivity contribution in [1.29, 1.82) is 0 Å². The first kappa shape index (κ1) is 9.34. The first-order chi connectivity index (χ1) is 6.79. The lowest BCUT2D eigenvalue weighted by molar-refractivity contribution is -0.659. The number of hydrogen-bond donors (Lipinski definition) is 1. The monoisotopic (exact) mass is 194 g/mol. The van der Waals surface area contributed by atoms with E-state index < -0.39 is 0 Å². The van der Waals surface area contributed by atoms with Gasteiger partial charge < -0.3 is 14.8 Å². The Bertz CT molecular complexity index is 325. The summed E-state index contributed by atoms with van der Waals surface area (Å²) in [5.41, 5.74) is 1.31. The van der Waals surface area contributed by atoms with Crippen molar-refractivity contribution in [2.45, 2.75) is 19.4 Å². The normalized spacial score (nSPS) is 15.6. The molecule has 0 fully saturated rings. The number of nitrogens with two attached hydrogens (primary N) is 1. The molecule has 1 atom stereocenters. The molecule has 0 bridgehead atoms.